The summed E-state index contributed by atoms with van der Waals surface area (Å²) in [5, 5.41) is 3.44. The first-order valence-corrected chi connectivity index (χ1v) is 6.08. The summed E-state index contributed by atoms with van der Waals surface area (Å²) in [6.07, 6.45) is 6.33. The average molecular weight is 269 g/mol. The van der Waals surface area contributed by atoms with E-state index in [1.165, 1.54) is 5.56 Å². The molecular weight excluding hydrogens is 256 g/mol. The first kappa shape index (κ1) is 9.75. The summed E-state index contributed by atoms with van der Waals surface area (Å²) in [4.78, 5) is 4.19. The van der Waals surface area contributed by atoms with Gasteiger partial charge in [0.05, 0.1) is 6.10 Å². The summed E-state index contributed by atoms with van der Waals surface area (Å²) in [6, 6.07) is 1.98. The van der Waals surface area contributed by atoms with Crippen LogP contribution in [0.4, 0.5) is 0 Å². The Labute approximate surface area is 97.4 Å². The molecular formula is C11H13BrN2O. The van der Waals surface area contributed by atoms with Crippen LogP contribution in [0.25, 0.3) is 0 Å². The van der Waals surface area contributed by atoms with Crippen molar-refractivity contribution in [2.75, 3.05) is 13.1 Å². The predicted octanol–water partition coefficient (Wildman–Crippen LogP) is 1.82. The minimum absolute atomic E-state index is 0.143. The zero-order chi connectivity index (χ0) is 10.3. The van der Waals surface area contributed by atoms with Crippen LogP contribution in [0.2, 0.25) is 0 Å². The normalized spacial score (nSPS) is 34.3. The van der Waals surface area contributed by atoms with Gasteiger partial charge in [0.15, 0.2) is 0 Å². The number of fused-ring (bicyclic) bond motifs is 2. The number of nitrogens with one attached hydrogen (secondary N) is 1. The van der Waals surface area contributed by atoms with Crippen molar-refractivity contribution in [1.29, 1.82) is 0 Å². The Balaban J connectivity index is 2.02. The number of hydrogen-bond acceptors (Lipinski definition) is 3. The van der Waals surface area contributed by atoms with Gasteiger partial charge < -0.3 is 10.1 Å². The lowest BCUT2D eigenvalue weighted by atomic mass is 9.92. The molecule has 4 heteroatoms. The van der Waals surface area contributed by atoms with Gasteiger partial charge in [0.2, 0.25) is 0 Å². The van der Waals surface area contributed by atoms with E-state index in [0.717, 1.165) is 30.4 Å². The summed E-state index contributed by atoms with van der Waals surface area (Å²) in [6.45, 7) is 1.88. The molecule has 0 saturated carbocycles. The highest BCUT2D eigenvalue weighted by molar-refractivity contribution is 9.10. The lowest BCUT2D eigenvalue weighted by molar-refractivity contribution is -0.0692. The number of halogens is 1. The number of pyridine rings is 1. The SMILES string of the molecule is Brc1ccncc1C12CCC(CNC1)O2. The van der Waals surface area contributed by atoms with E-state index in [0.29, 0.717) is 6.10 Å². The van der Waals surface area contributed by atoms with Crippen molar-refractivity contribution < 1.29 is 4.74 Å². The van der Waals surface area contributed by atoms with Gasteiger partial charge in [-0.3, -0.25) is 4.98 Å². The van der Waals surface area contributed by atoms with E-state index in [2.05, 4.69) is 26.2 Å². The molecule has 80 valence electrons. The van der Waals surface area contributed by atoms with Crippen molar-refractivity contribution in [1.82, 2.24) is 10.3 Å². The second-order valence-electron chi connectivity index (χ2n) is 4.26. The molecule has 2 saturated heterocycles. The molecule has 2 bridgehead atoms. The first-order valence-electron chi connectivity index (χ1n) is 5.29. The fourth-order valence-electron chi connectivity index (χ4n) is 2.55. The summed E-state index contributed by atoms with van der Waals surface area (Å²) in [5.74, 6) is 0. The van der Waals surface area contributed by atoms with E-state index in [4.69, 9.17) is 4.74 Å². The van der Waals surface area contributed by atoms with Crippen molar-refractivity contribution in [2.24, 2.45) is 0 Å². The molecule has 1 N–H and O–H groups in total. The molecule has 2 aliphatic rings. The Kier molecular flexibility index (Phi) is 2.30. The molecule has 0 aliphatic carbocycles. The van der Waals surface area contributed by atoms with Crippen LogP contribution in [-0.2, 0) is 10.3 Å². The molecule has 2 unspecified atom stereocenters. The Morgan fingerprint density at radius 2 is 2.53 bits per heavy atom. The molecule has 0 radical (unpaired) electrons. The third kappa shape index (κ3) is 1.51. The molecule has 0 amide bonds. The smallest absolute Gasteiger partial charge is 0.109 e. The molecule has 15 heavy (non-hydrogen) atoms. The number of ether oxygens (including phenoxy) is 1. The predicted molar refractivity (Wildman–Crippen MR) is 60.6 cm³/mol. The number of aromatic nitrogens is 1. The Hall–Kier alpha value is -0.450. The molecule has 3 heterocycles. The molecule has 0 spiro atoms. The second-order valence-corrected chi connectivity index (χ2v) is 5.11. The lowest BCUT2D eigenvalue weighted by Gasteiger charge is -2.34. The standard InChI is InChI=1S/C11H13BrN2O/c12-10-2-4-13-6-9(10)11-3-1-8(15-11)5-14-7-11/h2,4,6,8,14H,1,3,5,7H2. The zero-order valence-electron chi connectivity index (χ0n) is 8.37. The maximum Gasteiger partial charge on any atom is 0.109 e. The van der Waals surface area contributed by atoms with Gasteiger partial charge in [-0.05, 0) is 18.9 Å². The van der Waals surface area contributed by atoms with Crippen LogP contribution in [0.15, 0.2) is 22.9 Å². The van der Waals surface area contributed by atoms with Crippen molar-refractivity contribution in [3.05, 3.63) is 28.5 Å². The summed E-state index contributed by atoms with van der Waals surface area (Å²) in [5.41, 5.74) is 1.04. The van der Waals surface area contributed by atoms with Crippen LogP contribution in [0.1, 0.15) is 18.4 Å². The van der Waals surface area contributed by atoms with Gasteiger partial charge in [0, 0.05) is 35.5 Å². The number of morpholine rings is 1. The van der Waals surface area contributed by atoms with Gasteiger partial charge in [0.25, 0.3) is 0 Å². The van der Waals surface area contributed by atoms with Crippen molar-refractivity contribution in [3.63, 3.8) is 0 Å². The van der Waals surface area contributed by atoms with Gasteiger partial charge in [0.1, 0.15) is 5.60 Å². The van der Waals surface area contributed by atoms with E-state index in [-0.39, 0.29) is 5.60 Å². The average Bonchev–Trinajstić information content (AvgIpc) is 2.56. The fraction of sp³-hybridized carbons (Fsp3) is 0.545. The number of rotatable bonds is 1. The quantitative estimate of drug-likeness (QED) is 0.844. The van der Waals surface area contributed by atoms with E-state index in [1.807, 2.05) is 12.3 Å². The summed E-state index contributed by atoms with van der Waals surface area (Å²) in [7, 11) is 0. The minimum Gasteiger partial charge on any atom is -0.364 e. The van der Waals surface area contributed by atoms with Gasteiger partial charge >= 0.3 is 0 Å². The number of hydrogen-bond donors (Lipinski definition) is 1. The maximum absolute atomic E-state index is 6.12. The second kappa shape index (κ2) is 3.54. The molecule has 0 aromatic carbocycles. The topological polar surface area (TPSA) is 34.2 Å². The minimum atomic E-state index is -0.143. The third-order valence-corrected chi connectivity index (χ3v) is 4.00. The van der Waals surface area contributed by atoms with E-state index in [9.17, 15) is 0 Å². The lowest BCUT2D eigenvalue weighted by Crippen LogP contribution is -2.46. The summed E-state index contributed by atoms with van der Waals surface area (Å²) < 4.78 is 7.22. The largest absolute Gasteiger partial charge is 0.364 e. The number of nitrogens with zero attached hydrogens (tertiary/aromatic N) is 1. The van der Waals surface area contributed by atoms with Crippen LogP contribution in [-0.4, -0.2) is 24.2 Å². The highest BCUT2D eigenvalue weighted by Gasteiger charge is 2.45. The highest BCUT2D eigenvalue weighted by atomic mass is 79.9. The van der Waals surface area contributed by atoms with Crippen molar-refractivity contribution in [2.45, 2.75) is 24.5 Å². The Morgan fingerprint density at radius 1 is 1.60 bits per heavy atom. The van der Waals surface area contributed by atoms with Gasteiger partial charge in [-0.25, -0.2) is 0 Å². The van der Waals surface area contributed by atoms with E-state index >= 15 is 0 Å². The van der Waals surface area contributed by atoms with Crippen molar-refractivity contribution >= 4 is 15.9 Å². The van der Waals surface area contributed by atoms with Crippen LogP contribution in [0.3, 0.4) is 0 Å². The van der Waals surface area contributed by atoms with E-state index in [1.54, 1.807) is 6.20 Å². The zero-order valence-corrected chi connectivity index (χ0v) is 9.96. The van der Waals surface area contributed by atoms with Crippen LogP contribution in [0, 0.1) is 0 Å². The van der Waals surface area contributed by atoms with Crippen LogP contribution in [0.5, 0.6) is 0 Å². The first-order chi connectivity index (χ1) is 7.30. The van der Waals surface area contributed by atoms with Gasteiger partial charge in [-0.2, -0.15) is 0 Å². The van der Waals surface area contributed by atoms with Crippen LogP contribution >= 0.6 is 15.9 Å². The monoisotopic (exact) mass is 268 g/mol. The molecule has 2 fully saturated rings. The van der Waals surface area contributed by atoms with Gasteiger partial charge in [-0.1, -0.05) is 15.9 Å². The maximum atomic E-state index is 6.12. The molecule has 3 rings (SSSR count). The molecule has 2 atom stereocenters. The van der Waals surface area contributed by atoms with Gasteiger partial charge in [-0.15, -0.1) is 0 Å². The molecule has 3 nitrogen and oxygen atoms in total. The Morgan fingerprint density at radius 3 is 3.40 bits per heavy atom. The van der Waals surface area contributed by atoms with Crippen molar-refractivity contribution in [3.8, 4) is 0 Å². The highest BCUT2D eigenvalue weighted by Crippen LogP contribution is 2.43. The Bertz CT molecular complexity index is 381. The third-order valence-electron chi connectivity index (χ3n) is 3.30. The molecule has 1 aromatic rings. The van der Waals surface area contributed by atoms with E-state index < -0.39 is 0 Å². The summed E-state index contributed by atoms with van der Waals surface area (Å²) >= 11 is 3.58. The molecule has 1 aromatic heterocycles. The molecule has 2 aliphatic heterocycles. The van der Waals surface area contributed by atoms with Crippen LogP contribution < -0.4 is 5.32 Å². The fourth-order valence-corrected chi connectivity index (χ4v) is 3.13.